The van der Waals surface area contributed by atoms with E-state index in [1.54, 1.807) is 12.1 Å². The van der Waals surface area contributed by atoms with E-state index in [2.05, 4.69) is 4.90 Å². The number of nitrogens with zero attached hydrogens (tertiary/aromatic N) is 1. The minimum atomic E-state index is 0.128. The van der Waals surface area contributed by atoms with Gasteiger partial charge in [0.1, 0.15) is 5.75 Å². The number of aromatic hydroxyl groups is 1. The summed E-state index contributed by atoms with van der Waals surface area (Å²) in [5.41, 5.74) is 1.18. The fourth-order valence-corrected chi connectivity index (χ4v) is 3.56. The standard InChI is InChI=1S/C18H25NO3/c20-16-8-6-14(7-9-16)12-15-4-1-2-10-19(15)18(21)13-17-5-3-11-22-17/h6-9,15,17,20H,1-5,10-13H2. The van der Waals surface area contributed by atoms with Gasteiger partial charge in [-0.1, -0.05) is 12.1 Å². The highest BCUT2D eigenvalue weighted by molar-refractivity contribution is 5.77. The molecule has 1 aromatic carbocycles. The lowest BCUT2D eigenvalue weighted by Crippen LogP contribution is -2.45. The van der Waals surface area contributed by atoms with Crippen LogP contribution in [0.3, 0.4) is 0 Å². The van der Waals surface area contributed by atoms with Crippen molar-refractivity contribution in [3.8, 4) is 5.75 Å². The average Bonchev–Trinajstić information content (AvgIpc) is 3.03. The Bertz CT molecular complexity index is 494. The monoisotopic (exact) mass is 303 g/mol. The van der Waals surface area contributed by atoms with E-state index in [1.165, 1.54) is 12.0 Å². The summed E-state index contributed by atoms with van der Waals surface area (Å²) in [4.78, 5) is 14.7. The summed E-state index contributed by atoms with van der Waals surface area (Å²) in [5, 5.41) is 9.38. The Hall–Kier alpha value is -1.55. The second-order valence-electron chi connectivity index (χ2n) is 6.45. The molecule has 4 nitrogen and oxygen atoms in total. The Morgan fingerprint density at radius 1 is 1.18 bits per heavy atom. The molecule has 0 bridgehead atoms. The zero-order chi connectivity index (χ0) is 15.4. The molecular formula is C18H25NO3. The van der Waals surface area contributed by atoms with Crippen LogP contribution in [0.5, 0.6) is 5.75 Å². The molecule has 2 saturated heterocycles. The number of ether oxygens (including phenoxy) is 1. The first kappa shape index (κ1) is 15.3. The summed E-state index contributed by atoms with van der Waals surface area (Å²) in [6.45, 7) is 1.67. The van der Waals surface area contributed by atoms with Crippen molar-refractivity contribution in [2.24, 2.45) is 0 Å². The number of carbonyl (C=O) groups is 1. The molecule has 22 heavy (non-hydrogen) atoms. The normalized spacial score (nSPS) is 25.4. The quantitative estimate of drug-likeness (QED) is 0.930. The summed E-state index contributed by atoms with van der Waals surface area (Å²) >= 11 is 0. The van der Waals surface area contributed by atoms with Crippen molar-refractivity contribution in [3.05, 3.63) is 29.8 Å². The summed E-state index contributed by atoms with van der Waals surface area (Å²) in [6.07, 6.45) is 6.98. The second kappa shape index (κ2) is 7.14. The first-order valence-corrected chi connectivity index (χ1v) is 8.41. The highest BCUT2D eigenvalue weighted by Crippen LogP contribution is 2.24. The van der Waals surface area contributed by atoms with Gasteiger partial charge in [-0.05, 0) is 56.2 Å². The maximum absolute atomic E-state index is 12.6. The van der Waals surface area contributed by atoms with Crippen molar-refractivity contribution in [1.82, 2.24) is 4.90 Å². The number of amides is 1. The van der Waals surface area contributed by atoms with Crippen LogP contribution in [-0.4, -0.2) is 41.2 Å². The van der Waals surface area contributed by atoms with E-state index in [1.807, 2.05) is 12.1 Å². The average molecular weight is 303 g/mol. The maximum Gasteiger partial charge on any atom is 0.225 e. The number of carbonyl (C=O) groups excluding carboxylic acids is 1. The number of rotatable bonds is 4. The zero-order valence-electron chi connectivity index (χ0n) is 13.0. The van der Waals surface area contributed by atoms with Gasteiger partial charge >= 0.3 is 0 Å². The van der Waals surface area contributed by atoms with Crippen LogP contribution in [-0.2, 0) is 16.0 Å². The molecule has 2 heterocycles. The lowest BCUT2D eigenvalue weighted by Gasteiger charge is -2.36. The molecule has 2 fully saturated rings. The number of hydrogen-bond donors (Lipinski definition) is 1. The maximum atomic E-state index is 12.6. The lowest BCUT2D eigenvalue weighted by atomic mass is 9.95. The molecule has 2 atom stereocenters. The zero-order valence-corrected chi connectivity index (χ0v) is 13.0. The van der Waals surface area contributed by atoms with E-state index < -0.39 is 0 Å². The second-order valence-corrected chi connectivity index (χ2v) is 6.45. The number of benzene rings is 1. The van der Waals surface area contributed by atoms with Crippen LogP contribution in [0, 0.1) is 0 Å². The van der Waals surface area contributed by atoms with Crippen LogP contribution >= 0.6 is 0 Å². The highest BCUT2D eigenvalue weighted by Gasteiger charge is 2.29. The van der Waals surface area contributed by atoms with Crippen LogP contribution in [0.1, 0.15) is 44.1 Å². The molecule has 0 aromatic heterocycles. The van der Waals surface area contributed by atoms with Gasteiger partial charge in [-0.2, -0.15) is 0 Å². The van der Waals surface area contributed by atoms with Crippen molar-refractivity contribution in [2.45, 2.75) is 57.1 Å². The number of hydrogen-bond acceptors (Lipinski definition) is 3. The number of piperidine rings is 1. The van der Waals surface area contributed by atoms with Gasteiger partial charge in [-0.15, -0.1) is 0 Å². The molecule has 0 radical (unpaired) electrons. The molecule has 2 unspecified atom stereocenters. The van der Waals surface area contributed by atoms with E-state index >= 15 is 0 Å². The van der Waals surface area contributed by atoms with E-state index in [-0.39, 0.29) is 18.1 Å². The predicted octanol–water partition coefficient (Wildman–Crippen LogP) is 2.88. The van der Waals surface area contributed by atoms with Crippen molar-refractivity contribution in [1.29, 1.82) is 0 Å². The van der Waals surface area contributed by atoms with Gasteiger partial charge in [-0.25, -0.2) is 0 Å². The van der Waals surface area contributed by atoms with Gasteiger partial charge in [-0.3, -0.25) is 4.79 Å². The SMILES string of the molecule is O=C(CC1CCCO1)N1CCCCC1Cc1ccc(O)cc1. The summed E-state index contributed by atoms with van der Waals surface area (Å²) in [5.74, 6) is 0.536. The predicted molar refractivity (Wildman–Crippen MR) is 84.8 cm³/mol. The molecule has 1 amide bonds. The summed E-state index contributed by atoms with van der Waals surface area (Å²) in [7, 11) is 0. The highest BCUT2D eigenvalue weighted by atomic mass is 16.5. The molecule has 120 valence electrons. The van der Waals surface area contributed by atoms with Crippen LogP contribution in [0.4, 0.5) is 0 Å². The van der Waals surface area contributed by atoms with Gasteiger partial charge in [0, 0.05) is 19.2 Å². The van der Waals surface area contributed by atoms with Crippen molar-refractivity contribution in [3.63, 3.8) is 0 Å². The fraction of sp³-hybridized carbons (Fsp3) is 0.611. The minimum Gasteiger partial charge on any atom is -0.508 e. The third-order valence-electron chi connectivity index (χ3n) is 4.78. The molecule has 1 aromatic rings. The Morgan fingerprint density at radius 2 is 2.00 bits per heavy atom. The Kier molecular flexibility index (Phi) is 4.98. The van der Waals surface area contributed by atoms with Crippen LogP contribution in [0.25, 0.3) is 0 Å². The molecule has 1 N–H and O–H groups in total. The fourth-order valence-electron chi connectivity index (χ4n) is 3.56. The molecular weight excluding hydrogens is 278 g/mol. The molecule has 0 aliphatic carbocycles. The summed E-state index contributed by atoms with van der Waals surface area (Å²) < 4.78 is 5.61. The first-order chi connectivity index (χ1) is 10.7. The number of likely N-dealkylation sites (tertiary alicyclic amines) is 1. The van der Waals surface area contributed by atoms with E-state index in [9.17, 15) is 9.90 Å². The number of phenols is 1. The smallest absolute Gasteiger partial charge is 0.225 e. The van der Waals surface area contributed by atoms with Crippen molar-refractivity contribution in [2.75, 3.05) is 13.2 Å². The third-order valence-corrected chi connectivity index (χ3v) is 4.78. The topological polar surface area (TPSA) is 49.8 Å². The first-order valence-electron chi connectivity index (χ1n) is 8.41. The molecule has 3 rings (SSSR count). The Morgan fingerprint density at radius 3 is 2.73 bits per heavy atom. The van der Waals surface area contributed by atoms with Crippen molar-refractivity contribution < 1.29 is 14.6 Å². The van der Waals surface area contributed by atoms with E-state index in [0.717, 1.165) is 45.3 Å². The molecule has 2 aliphatic rings. The molecule has 4 heteroatoms. The van der Waals surface area contributed by atoms with Crippen LogP contribution in [0.2, 0.25) is 0 Å². The molecule has 2 aliphatic heterocycles. The van der Waals surface area contributed by atoms with Crippen LogP contribution in [0.15, 0.2) is 24.3 Å². The summed E-state index contributed by atoms with van der Waals surface area (Å²) in [6, 6.07) is 7.62. The van der Waals surface area contributed by atoms with Gasteiger partial charge in [0.15, 0.2) is 0 Å². The van der Waals surface area contributed by atoms with Crippen LogP contribution < -0.4 is 0 Å². The van der Waals surface area contributed by atoms with Gasteiger partial charge in [0.25, 0.3) is 0 Å². The van der Waals surface area contributed by atoms with Gasteiger partial charge < -0.3 is 14.7 Å². The largest absolute Gasteiger partial charge is 0.508 e. The molecule has 0 spiro atoms. The van der Waals surface area contributed by atoms with Crippen molar-refractivity contribution >= 4 is 5.91 Å². The van der Waals surface area contributed by atoms with E-state index in [4.69, 9.17) is 4.74 Å². The lowest BCUT2D eigenvalue weighted by molar-refractivity contribution is -0.137. The Labute approximate surface area is 132 Å². The van der Waals surface area contributed by atoms with Gasteiger partial charge in [0.05, 0.1) is 12.5 Å². The minimum absolute atomic E-state index is 0.128. The molecule has 0 saturated carbocycles. The van der Waals surface area contributed by atoms with E-state index in [0.29, 0.717) is 12.2 Å². The number of phenolic OH excluding ortho intramolecular Hbond substituents is 1. The van der Waals surface area contributed by atoms with Gasteiger partial charge in [0.2, 0.25) is 5.91 Å². The Balaban J connectivity index is 1.62. The third kappa shape index (κ3) is 3.80.